The average molecular weight is 755 g/mol. The molecule has 0 saturated carbocycles. The molecule has 51 heavy (non-hydrogen) atoms. The summed E-state index contributed by atoms with van der Waals surface area (Å²) in [6, 6.07) is 23.4. The number of pyridine rings is 1. The zero-order chi connectivity index (χ0) is 35.3. The Morgan fingerprint density at radius 1 is 0.941 bits per heavy atom. The maximum absolute atomic E-state index is 15.5. The van der Waals surface area contributed by atoms with E-state index in [1.165, 1.54) is 16.8 Å². The lowest BCUT2D eigenvalue weighted by Gasteiger charge is -2.26. The summed E-state index contributed by atoms with van der Waals surface area (Å²) >= 11 is 3.52. The van der Waals surface area contributed by atoms with E-state index in [9.17, 15) is 9.59 Å². The van der Waals surface area contributed by atoms with Gasteiger partial charge in [0.25, 0.3) is 5.91 Å². The van der Waals surface area contributed by atoms with Gasteiger partial charge in [-0.2, -0.15) is 5.10 Å². The van der Waals surface area contributed by atoms with Crippen molar-refractivity contribution in [3.05, 3.63) is 117 Å². The molecule has 7 rings (SSSR count). The minimum absolute atomic E-state index is 0.0805. The molecule has 11 nitrogen and oxygen atoms in total. The number of morpholine rings is 1. The van der Waals surface area contributed by atoms with Crippen molar-refractivity contribution >= 4 is 49.3 Å². The Balaban J connectivity index is 1.09. The molecule has 0 spiro atoms. The molecular formula is C38H33BrFN5O6. The molecule has 4 aromatic carbocycles. The summed E-state index contributed by atoms with van der Waals surface area (Å²) in [5.74, 6) is -0.213. The SMILES string of the molecule is COc1cc2c(Oc3ccc(NC(=O)c4nn(-c5ccccc5Br)c5ccccc5c4=O)cc3F)ccnc2cc1OCCCN1CCOCC1. The number of aromatic nitrogens is 3. The largest absolute Gasteiger partial charge is 0.493 e. The van der Waals surface area contributed by atoms with Crippen LogP contribution in [0.1, 0.15) is 16.9 Å². The lowest BCUT2D eigenvalue weighted by molar-refractivity contribution is 0.0357. The van der Waals surface area contributed by atoms with E-state index in [1.807, 2.05) is 24.3 Å². The van der Waals surface area contributed by atoms with Gasteiger partial charge in [-0.3, -0.25) is 19.5 Å². The molecule has 0 unspecified atom stereocenters. The number of rotatable bonds is 11. The molecule has 1 N–H and O–H groups in total. The van der Waals surface area contributed by atoms with Crippen molar-refractivity contribution in [1.82, 2.24) is 19.7 Å². The fourth-order valence-corrected chi connectivity index (χ4v) is 6.34. The van der Waals surface area contributed by atoms with E-state index in [0.29, 0.717) is 51.3 Å². The van der Waals surface area contributed by atoms with Crippen LogP contribution in [-0.2, 0) is 4.74 Å². The van der Waals surface area contributed by atoms with Crippen LogP contribution in [0, 0.1) is 5.82 Å². The van der Waals surface area contributed by atoms with Crippen molar-refractivity contribution in [3.63, 3.8) is 0 Å². The van der Waals surface area contributed by atoms with Crippen LogP contribution in [0.15, 0.2) is 100 Å². The normalized spacial score (nSPS) is 13.3. The topological polar surface area (TPSA) is 117 Å². The molecule has 1 aliphatic rings. The number of carbonyl (C=O) groups is 1. The van der Waals surface area contributed by atoms with Gasteiger partial charge in [-0.1, -0.05) is 24.3 Å². The summed E-state index contributed by atoms with van der Waals surface area (Å²) in [4.78, 5) is 33.6. The van der Waals surface area contributed by atoms with Gasteiger partial charge in [0, 0.05) is 53.5 Å². The monoisotopic (exact) mass is 753 g/mol. The molecule has 2 aromatic heterocycles. The first kappa shape index (κ1) is 34.1. The summed E-state index contributed by atoms with van der Waals surface area (Å²) in [5, 5.41) is 7.94. The molecule has 3 heterocycles. The van der Waals surface area contributed by atoms with Crippen LogP contribution < -0.4 is 25.0 Å². The number of carbonyl (C=O) groups excluding carboxylic acids is 1. The second-order valence-corrected chi connectivity index (χ2v) is 12.6. The molecule has 1 fully saturated rings. The molecule has 1 aliphatic heterocycles. The number of nitrogens with zero attached hydrogens (tertiary/aromatic N) is 4. The Bertz CT molecular complexity index is 2290. The van der Waals surface area contributed by atoms with Crippen molar-refractivity contribution in [2.24, 2.45) is 0 Å². The first-order chi connectivity index (χ1) is 24.9. The van der Waals surface area contributed by atoms with Gasteiger partial charge in [0.15, 0.2) is 28.8 Å². The molecule has 0 bridgehead atoms. The van der Waals surface area contributed by atoms with Crippen LogP contribution >= 0.6 is 15.9 Å². The van der Waals surface area contributed by atoms with Gasteiger partial charge < -0.3 is 24.3 Å². The Kier molecular flexibility index (Phi) is 10.2. The number of nitrogens with one attached hydrogen (secondary N) is 1. The quantitative estimate of drug-likeness (QED) is 0.140. The first-order valence-corrected chi connectivity index (χ1v) is 17.1. The standard InChI is InChI=1S/C38H33BrFN5O6/c1-48-34-22-26-29(23-35(34)50-18-6-15-44-16-19-49-20-17-44)41-14-13-32(26)51-33-12-11-24(21-28(33)40)42-38(47)36-37(46)25-7-2-4-9-30(25)45(43-36)31-10-5-3-8-27(31)39/h2-5,7-14,21-23H,6,15-20H2,1H3,(H,42,47). The molecule has 0 radical (unpaired) electrons. The van der Waals surface area contributed by atoms with Crippen molar-refractivity contribution in [3.8, 4) is 28.7 Å². The first-order valence-electron chi connectivity index (χ1n) is 16.3. The number of para-hydroxylation sites is 2. The molecule has 260 valence electrons. The second kappa shape index (κ2) is 15.3. The summed E-state index contributed by atoms with van der Waals surface area (Å²) in [6.45, 7) is 4.76. The predicted octanol–water partition coefficient (Wildman–Crippen LogP) is 6.99. The molecule has 1 saturated heterocycles. The van der Waals surface area contributed by atoms with Crippen LogP contribution in [0.25, 0.3) is 27.5 Å². The van der Waals surface area contributed by atoms with Crippen LogP contribution in [0.5, 0.6) is 23.0 Å². The average Bonchev–Trinajstić information content (AvgIpc) is 3.15. The van der Waals surface area contributed by atoms with E-state index in [1.54, 1.807) is 55.8 Å². The number of amides is 1. The van der Waals surface area contributed by atoms with E-state index < -0.39 is 17.2 Å². The van der Waals surface area contributed by atoms with Crippen LogP contribution in [-0.4, -0.2) is 72.1 Å². The van der Waals surface area contributed by atoms with Gasteiger partial charge in [0.05, 0.1) is 49.0 Å². The number of hydrogen-bond donors (Lipinski definition) is 1. The van der Waals surface area contributed by atoms with E-state index >= 15 is 4.39 Å². The Morgan fingerprint density at radius 2 is 1.75 bits per heavy atom. The predicted molar refractivity (Wildman–Crippen MR) is 195 cm³/mol. The van der Waals surface area contributed by atoms with Crippen molar-refractivity contribution < 1.29 is 28.1 Å². The van der Waals surface area contributed by atoms with Gasteiger partial charge in [0.2, 0.25) is 5.43 Å². The van der Waals surface area contributed by atoms with Gasteiger partial charge in [-0.15, -0.1) is 0 Å². The number of fused-ring (bicyclic) bond motifs is 2. The maximum Gasteiger partial charge on any atom is 0.280 e. The second-order valence-electron chi connectivity index (χ2n) is 11.7. The van der Waals surface area contributed by atoms with E-state index in [0.717, 1.165) is 49.8 Å². The fourth-order valence-electron chi connectivity index (χ4n) is 5.89. The summed E-state index contributed by atoms with van der Waals surface area (Å²) < 4.78 is 40.8. The molecule has 0 atom stereocenters. The van der Waals surface area contributed by atoms with Crippen LogP contribution in [0.2, 0.25) is 0 Å². The van der Waals surface area contributed by atoms with E-state index in [2.05, 4.69) is 36.2 Å². The van der Waals surface area contributed by atoms with Crippen LogP contribution in [0.4, 0.5) is 10.1 Å². The fraction of sp³-hybridized carbons (Fsp3) is 0.211. The minimum Gasteiger partial charge on any atom is -0.493 e. The summed E-state index contributed by atoms with van der Waals surface area (Å²) in [5.41, 5.74) is 0.971. The highest BCUT2D eigenvalue weighted by atomic mass is 79.9. The van der Waals surface area contributed by atoms with E-state index in [-0.39, 0.29) is 17.1 Å². The van der Waals surface area contributed by atoms with Gasteiger partial charge in [-0.05, 0) is 70.9 Å². The molecular weight excluding hydrogens is 721 g/mol. The molecule has 0 aliphatic carbocycles. The number of benzene rings is 4. The summed E-state index contributed by atoms with van der Waals surface area (Å²) in [6.07, 6.45) is 2.41. The molecule has 13 heteroatoms. The third-order valence-corrected chi connectivity index (χ3v) is 9.13. The molecule has 6 aromatic rings. The van der Waals surface area contributed by atoms with Crippen molar-refractivity contribution in [2.75, 3.05) is 51.9 Å². The number of hydrogen-bond acceptors (Lipinski definition) is 9. The van der Waals surface area contributed by atoms with Gasteiger partial charge in [0.1, 0.15) is 5.75 Å². The third-order valence-electron chi connectivity index (χ3n) is 8.46. The van der Waals surface area contributed by atoms with Crippen LogP contribution in [0.3, 0.4) is 0 Å². The van der Waals surface area contributed by atoms with Gasteiger partial charge >= 0.3 is 0 Å². The Morgan fingerprint density at radius 3 is 2.55 bits per heavy atom. The lowest BCUT2D eigenvalue weighted by atomic mass is 10.1. The van der Waals surface area contributed by atoms with Gasteiger partial charge in [-0.25, -0.2) is 9.07 Å². The van der Waals surface area contributed by atoms with E-state index in [4.69, 9.17) is 18.9 Å². The third kappa shape index (κ3) is 7.41. The van der Waals surface area contributed by atoms with Crippen molar-refractivity contribution in [1.29, 1.82) is 0 Å². The Labute approximate surface area is 300 Å². The number of methoxy groups -OCH3 is 1. The highest BCUT2D eigenvalue weighted by molar-refractivity contribution is 9.10. The highest BCUT2D eigenvalue weighted by Crippen LogP contribution is 2.38. The molecule has 1 amide bonds. The number of halogens is 2. The lowest BCUT2D eigenvalue weighted by Crippen LogP contribution is -2.37. The summed E-state index contributed by atoms with van der Waals surface area (Å²) in [7, 11) is 1.55. The zero-order valence-electron chi connectivity index (χ0n) is 27.6. The van der Waals surface area contributed by atoms with Crippen molar-refractivity contribution in [2.45, 2.75) is 6.42 Å². The minimum atomic E-state index is -0.786. The number of ether oxygens (including phenoxy) is 4. The zero-order valence-corrected chi connectivity index (χ0v) is 29.2. The Hall–Kier alpha value is -5.37. The highest BCUT2D eigenvalue weighted by Gasteiger charge is 2.20. The maximum atomic E-state index is 15.5. The smallest absolute Gasteiger partial charge is 0.280 e. The number of anilines is 1.